The van der Waals surface area contributed by atoms with Crippen molar-refractivity contribution in [1.29, 1.82) is 0 Å². The van der Waals surface area contributed by atoms with Crippen molar-refractivity contribution in [1.82, 2.24) is 24.8 Å². The van der Waals surface area contributed by atoms with Gasteiger partial charge in [0, 0.05) is 68.4 Å². The van der Waals surface area contributed by atoms with Gasteiger partial charge in [-0.05, 0) is 43.3 Å². The molecule has 0 bridgehead atoms. The molecule has 0 atom stereocenters. The number of carbonyl (C=O) groups excluding carboxylic acids is 2. The number of nitrogens with one attached hydrogen (secondary N) is 2. The number of likely N-dealkylation sites (tertiary alicyclic amines) is 1. The topological polar surface area (TPSA) is 144 Å². The molecule has 0 radical (unpaired) electrons. The molecule has 0 spiro atoms. The molecule has 3 amide bonds. The number of carbonyl (C=O) groups is 2. The molecule has 0 aliphatic carbocycles. The number of urea groups is 1. The largest absolute Gasteiger partial charge is 0.460 e. The van der Waals surface area contributed by atoms with Crippen LogP contribution in [0.5, 0.6) is 6.01 Å². The number of rotatable bonds is 7. The predicted octanol–water partition coefficient (Wildman–Crippen LogP) is 3.41. The Balaban J connectivity index is 1.29. The van der Waals surface area contributed by atoms with Crippen molar-refractivity contribution in [3.8, 4) is 17.4 Å². The minimum Gasteiger partial charge on any atom is -0.460 e. The summed E-state index contributed by atoms with van der Waals surface area (Å²) in [6.07, 6.45) is 4.07. The summed E-state index contributed by atoms with van der Waals surface area (Å²) >= 11 is 0. The summed E-state index contributed by atoms with van der Waals surface area (Å²) in [5.41, 5.74) is 2.01. The molecule has 4 heterocycles. The van der Waals surface area contributed by atoms with Crippen molar-refractivity contribution in [2.75, 3.05) is 61.5 Å². The van der Waals surface area contributed by atoms with Gasteiger partial charge in [0.15, 0.2) is 5.82 Å². The van der Waals surface area contributed by atoms with Crippen LogP contribution in [0.15, 0.2) is 48.8 Å². The van der Waals surface area contributed by atoms with Crippen LogP contribution in [0.3, 0.4) is 0 Å². The van der Waals surface area contributed by atoms with Crippen LogP contribution in [0.1, 0.15) is 19.8 Å². The molecule has 40 heavy (non-hydrogen) atoms. The highest BCUT2D eigenvalue weighted by Gasteiger charge is 2.26. The van der Waals surface area contributed by atoms with Gasteiger partial charge in [0.1, 0.15) is 6.10 Å². The van der Waals surface area contributed by atoms with E-state index in [9.17, 15) is 9.59 Å². The molecule has 2 saturated heterocycles. The van der Waals surface area contributed by atoms with Crippen LogP contribution in [0.25, 0.3) is 11.4 Å². The number of ether oxygens (including phenoxy) is 3. The molecule has 2 aromatic heterocycles. The Kier molecular flexibility index (Phi) is 8.81. The maximum Gasteiger partial charge on any atom is 0.409 e. The Hall–Kier alpha value is -4.52. The molecule has 1 aromatic carbocycles. The summed E-state index contributed by atoms with van der Waals surface area (Å²) in [6, 6.07) is 10.5. The van der Waals surface area contributed by atoms with E-state index in [2.05, 4.69) is 25.6 Å². The van der Waals surface area contributed by atoms with Crippen LogP contribution in [0.2, 0.25) is 0 Å². The van der Waals surface area contributed by atoms with E-state index in [1.165, 1.54) is 0 Å². The zero-order valence-corrected chi connectivity index (χ0v) is 22.3. The average Bonchev–Trinajstić information content (AvgIpc) is 2.99. The van der Waals surface area contributed by atoms with Gasteiger partial charge in [-0.25, -0.2) is 9.59 Å². The number of hydrogen-bond donors (Lipinski definition) is 2. The van der Waals surface area contributed by atoms with Crippen LogP contribution in [0.4, 0.5) is 26.9 Å². The molecule has 210 valence electrons. The standard InChI is InChI=1S/C27H32N8O5/c1-2-39-27(37)35-13-9-22(10-14-35)40-26-32-23(31-24(33-26)34-15-17-38-18-16-34)19-3-5-20(6-4-19)29-25(36)30-21-7-11-28-12-8-21/h3-8,11-12,22H,2,9-10,13-18H2,1H3,(H2,28,29,30,36). The van der Waals surface area contributed by atoms with Gasteiger partial charge in [-0.2, -0.15) is 15.0 Å². The van der Waals surface area contributed by atoms with Crippen molar-refractivity contribution in [2.24, 2.45) is 0 Å². The van der Waals surface area contributed by atoms with Crippen LogP contribution < -0.4 is 20.3 Å². The number of hydrogen-bond acceptors (Lipinski definition) is 10. The van der Waals surface area contributed by atoms with Gasteiger partial charge in [0.25, 0.3) is 0 Å². The molecule has 0 unspecified atom stereocenters. The molecular weight excluding hydrogens is 516 g/mol. The first kappa shape index (κ1) is 27.1. The highest BCUT2D eigenvalue weighted by atomic mass is 16.6. The summed E-state index contributed by atoms with van der Waals surface area (Å²) in [6.45, 7) is 5.73. The van der Waals surface area contributed by atoms with E-state index in [0.717, 1.165) is 5.56 Å². The van der Waals surface area contributed by atoms with Crippen molar-refractivity contribution >= 4 is 29.4 Å². The predicted molar refractivity (Wildman–Crippen MR) is 147 cm³/mol. The Bertz CT molecular complexity index is 1280. The lowest BCUT2D eigenvalue weighted by Crippen LogP contribution is -2.42. The van der Waals surface area contributed by atoms with E-state index < -0.39 is 0 Å². The third-order valence-corrected chi connectivity index (χ3v) is 6.48. The van der Waals surface area contributed by atoms with E-state index >= 15 is 0 Å². The second-order valence-corrected chi connectivity index (χ2v) is 9.24. The average molecular weight is 549 g/mol. The number of pyridine rings is 1. The number of morpholine rings is 1. The lowest BCUT2D eigenvalue weighted by Gasteiger charge is -2.31. The number of benzene rings is 1. The molecule has 13 heteroatoms. The van der Waals surface area contributed by atoms with Gasteiger partial charge < -0.3 is 34.6 Å². The molecule has 2 aliphatic heterocycles. The van der Waals surface area contributed by atoms with Crippen molar-refractivity contribution in [3.63, 3.8) is 0 Å². The highest BCUT2D eigenvalue weighted by Crippen LogP contribution is 2.25. The number of nitrogens with zero attached hydrogens (tertiary/aromatic N) is 6. The number of amides is 3. The molecular formula is C27H32N8O5. The zero-order valence-electron chi connectivity index (χ0n) is 22.3. The fraction of sp³-hybridized carbons (Fsp3) is 0.407. The van der Waals surface area contributed by atoms with E-state index in [1.54, 1.807) is 48.5 Å². The zero-order chi connectivity index (χ0) is 27.7. The van der Waals surface area contributed by atoms with Gasteiger partial charge in [0.05, 0.1) is 19.8 Å². The summed E-state index contributed by atoms with van der Waals surface area (Å²) in [4.78, 5) is 46.0. The van der Waals surface area contributed by atoms with Crippen molar-refractivity contribution in [2.45, 2.75) is 25.9 Å². The molecule has 13 nitrogen and oxygen atoms in total. The highest BCUT2D eigenvalue weighted by molar-refractivity contribution is 5.99. The van der Waals surface area contributed by atoms with E-state index in [0.29, 0.717) is 82.0 Å². The summed E-state index contributed by atoms with van der Waals surface area (Å²) < 4.78 is 16.8. The number of aromatic nitrogens is 4. The van der Waals surface area contributed by atoms with Crippen molar-refractivity contribution in [3.05, 3.63) is 48.8 Å². The fourth-order valence-electron chi connectivity index (χ4n) is 4.38. The van der Waals surface area contributed by atoms with Gasteiger partial charge >= 0.3 is 18.1 Å². The number of anilines is 3. The molecule has 2 N–H and O–H groups in total. The van der Waals surface area contributed by atoms with Crippen LogP contribution in [-0.4, -0.2) is 89.1 Å². The SMILES string of the molecule is CCOC(=O)N1CCC(Oc2nc(-c3ccc(NC(=O)Nc4ccncc4)cc3)nc(N3CCOCC3)n2)CC1. The second-order valence-electron chi connectivity index (χ2n) is 9.24. The Morgan fingerprint density at radius 2 is 1.60 bits per heavy atom. The minimum atomic E-state index is -0.363. The fourth-order valence-corrected chi connectivity index (χ4v) is 4.38. The molecule has 2 aliphatic rings. The summed E-state index contributed by atoms with van der Waals surface area (Å²) in [7, 11) is 0. The van der Waals surface area contributed by atoms with Crippen LogP contribution >= 0.6 is 0 Å². The molecule has 0 saturated carbocycles. The normalized spacial score (nSPS) is 15.8. The number of piperidine rings is 1. The summed E-state index contributed by atoms with van der Waals surface area (Å²) in [5.74, 6) is 0.981. The third-order valence-electron chi connectivity index (χ3n) is 6.48. The Morgan fingerprint density at radius 1 is 0.925 bits per heavy atom. The lowest BCUT2D eigenvalue weighted by molar-refractivity contribution is 0.0669. The summed E-state index contributed by atoms with van der Waals surface area (Å²) in [5, 5.41) is 5.57. The third kappa shape index (κ3) is 7.11. The van der Waals surface area contributed by atoms with E-state index in [4.69, 9.17) is 19.2 Å². The van der Waals surface area contributed by atoms with Crippen LogP contribution in [0, 0.1) is 0 Å². The molecule has 5 rings (SSSR count). The second kappa shape index (κ2) is 13.0. The van der Waals surface area contributed by atoms with Gasteiger partial charge in [-0.15, -0.1) is 0 Å². The minimum absolute atomic E-state index is 0.135. The van der Waals surface area contributed by atoms with E-state index in [-0.39, 0.29) is 24.2 Å². The first-order chi connectivity index (χ1) is 19.6. The maximum atomic E-state index is 12.3. The smallest absolute Gasteiger partial charge is 0.409 e. The monoisotopic (exact) mass is 548 g/mol. The molecule has 2 fully saturated rings. The first-order valence-corrected chi connectivity index (χ1v) is 13.3. The van der Waals surface area contributed by atoms with Gasteiger partial charge in [-0.3, -0.25) is 4.98 Å². The van der Waals surface area contributed by atoms with Crippen LogP contribution in [-0.2, 0) is 9.47 Å². The van der Waals surface area contributed by atoms with Gasteiger partial charge in [-0.1, -0.05) is 0 Å². The van der Waals surface area contributed by atoms with E-state index in [1.807, 2.05) is 17.0 Å². The van der Waals surface area contributed by atoms with Gasteiger partial charge in [0.2, 0.25) is 5.95 Å². The van der Waals surface area contributed by atoms with Crippen molar-refractivity contribution < 1.29 is 23.8 Å². The quantitative estimate of drug-likeness (QED) is 0.451. The molecule has 3 aromatic rings. The maximum absolute atomic E-state index is 12.3. The Labute approximate surface area is 231 Å². The lowest BCUT2D eigenvalue weighted by atomic mass is 10.1. The first-order valence-electron chi connectivity index (χ1n) is 13.3. The Morgan fingerprint density at radius 3 is 2.27 bits per heavy atom.